The van der Waals surface area contributed by atoms with Crippen molar-refractivity contribution < 1.29 is 19.4 Å². The molecule has 0 bridgehead atoms. The number of hydrogen-bond donors (Lipinski definition) is 3. The SMILES string of the molecule is NC(=O)C(N)Cc1ccc(OCC(=O)O)cc1. The summed E-state index contributed by atoms with van der Waals surface area (Å²) in [6.07, 6.45) is 0.342. The van der Waals surface area contributed by atoms with E-state index in [2.05, 4.69) is 0 Å². The van der Waals surface area contributed by atoms with Gasteiger partial charge in [-0.05, 0) is 24.1 Å². The van der Waals surface area contributed by atoms with E-state index in [1.807, 2.05) is 0 Å². The van der Waals surface area contributed by atoms with Crippen LogP contribution in [-0.4, -0.2) is 29.6 Å². The molecule has 1 rings (SSSR count). The van der Waals surface area contributed by atoms with E-state index in [1.165, 1.54) is 0 Å². The Bertz CT molecular complexity index is 402. The van der Waals surface area contributed by atoms with Crippen molar-refractivity contribution >= 4 is 11.9 Å². The lowest BCUT2D eigenvalue weighted by atomic mass is 10.1. The molecule has 1 unspecified atom stereocenters. The number of carbonyl (C=O) groups excluding carboxylic acids is 1. The molecule has 0 heterocycles. The van der Waals surface area contributed by atoms with Gasteiger partial charge in [-0.2, -0.15) is 0 Å². The van der Waals surface area contributed by atoms with Gasteiger partial charge in [0, 0.05) is 0 Å². The van der Waals surface area contributed by atoms with E-state index >= 15 is 0 Å². The minimum atomic E-state index is -1.04. The van der Waals surface area contributed by atoms with Crippen LogP contribution in [0, 0.1) is 0 Å². The van der Waals surface area contributed by atoms with Gasteiger partial charge in [0.25, 0.3) is 0 Å². The first-order valence-electron chi connectivity index (χ1n) is 4.97. The topological polar surface area (TPSA) is 116 Å². The average molecular weight is 238 g/mol. The zero-order valence-corrected chi connectivity index (χ0v) is 9.13. The number of carbonyl (C=O) groups is 2. The maximum absolute atomic E-state index is 10.8. The van der Waals surface area contributed by atoms with Gasteiger partial charge in [0.15, 0.2) is 6.61 Å². The van der Waals surface area contributed by atoms with Gasteiger partial charge in [0.1, 0.15) is 5.75 Å². The molecule has 6 heteroatoms. The van der Waals surface area contributed by atoms with Crippen LogP contribution in [0.15, 0.2) is 24.3 Å². The predicted molar refractivity (Wildman–Crippen MR) is 60.4 cm³/mol. The van der Waals surface area contributed by atoms with Gasteiger partial charge >= 0.3 is 5.97 Å². The lowest BCUT2D eigenvalue weighted by Gasteiger charge is -2.08. The van der Waals surface area contributed by atoms with Crippen molar-refractivity contribution in [1.29, 1.82) is 0 Å². The van der Waals surface area contributed by atoms with Crippen molar-refractivity contribution in [1.82, 2.24) is 0 Å². The number of rotatable bonds is 6. The van der Waals surface area contributed by atoms with E-state index in [0.717, 1.165) is 5.56 Å². The van der Waals surface area contributed by atoms with Gasteiger partial charge in [-0.15, -0.1) is 0 Å². The standard InChI is InChI=1S/C11H14N2O4/c12-9(11(13)16)5-7-1-3-8(4-2-7)17-6-10(14)15/h1-4,9H,5-6,12H2,(H2,13,16)(H,14,15). The van der Waals surface area contributed by atoms with E-state index in [0.29, 0.717) is 12.2 Å². The molecule has 92 valence electrons. The highest BCUT2D eigenvalue weighted by molar-refractivity contribution is 5.79. The lowest BCUT2D eigenvalue weighted by molar-refractivity contribution is -0.139. The molecule has 0 aromatic heterocycles. The molecule has 17 heavy (non-hydrogen) atoms. The molecule has 1 atom stereocenters. The van der Waals surface area contributed by atoms with Gasteiger partial charge in [0.2, 0.25) is 5.91 Å². The average Bonchev–Trinajstić information content (AvgIpc) is 2.28. The fraction of sp³-hybridized carbons (Fsp3) is 0.273. The van der Waals surface area contributed by atoms with Gasteiger partial charge in [-0.1, -0.05) is 12.1 Å². The minimum Gasteiger partial charge on any atom is -0.482 e. The maximum atomic E-state index is 10.8. The molecule has 0 aliphatic heterocycles. The van der Waals surface area contributed by atoms with Crippen molar-refractivity contribution in [3.63, 3.8) is 0 Å². The summed E-state index contributed by atoms with van der Waals surface area (Å²) < 4.78 is 4.95. The Hall–Kier alpha value is -2.08. The summed E-state index contributed by atoms with van der Waals surface area (Å²) in [6, 6.07) is 5.93. The molecule has 1 amide bonds. The Balaban J connectivity index is 2.55. The monoisotopic (exact) mass is 238 g/mol. The molecule has 0 aliphatic carbocycles. The summed E-state index contributed by atoms with van der Waals surface area (Å²) in [7, 11) is 0. The van der Waals surface area contributed by atoms with Crippen molar-refractivity contribution in [2.75, 3.05) is 6.61 Å². The van der Waals surface area contributed by atoms with Crippen molar-refractivity contribution in [2.24, 2.45) is 11.5 Å². The van der Waals surface area contributed by atoms with Crippen molar-refractivity contribution in [2.45, 2.75) is 12.5 Å². The highest BCUT2D eigenvalue weighted by Crippen LogP contribution is 2.13. The Morgan fingerprint density at radius 3 is 2.35 bits per heavy atom. The van der Waals surface area contributed by atoms with E-state index < -0.39 is 17.9 Å². The number of nitrogens with two attached hydrogens (primary N) is 2. The highest BCUT2D eigenvalue weighted by atomic mass is 16.5. The summed E-state index contributed by atoms with van der Waals surface area (Å²) in [5, 5.41) is 8.42. The molecular formula is C11H14N2O4. The number of hydrogen-bond acceptors (Lipinski definition) is 4. The van der Waals surface area contributed by atoms with Crippen LogP contribution in [0.5, 0.6) is 5.75 Å². The Morgan fingerprint density at radius 2 is 1.88 bits per heavy atom. The summed E-state index contributed by atoms with van der Waals surface area (Å²) >= 11 is 0. The number of aliphatic carboxylic acids is 1. The summed E-state index contributed by atoms with van der Waals surface area (Å²) in [6.45, 7) is -0.389. The molecule has 1 aromatic rings. The molecular weight excluding hydrogens is 224 g/mol. The molecule has 0 spiro atoms. The van der Waals surface area contributed by atoms with Gasteiger partial charge < -0.3 is 21.3 Å². The van der Waals surface area contributed by atoms with Crippen LogP contribution in [0.1, 0.15) is 5.56 Å². The Kier molecular flexibility index (Phi) is 4.47. The fourth-order valence-electron chi connectivity index (χ4n) is 1.22. The van der Waals surface area contributed by atoms with Crippen LogP contribution in [-0.2, 0) is 16.0 Å². The van der Waals surface area contributed by atoms with Gasteiger partial charge in [0.05, 0.1) is 6.04 Å². The largest absolute Gasteiger partial charge is 0.482 e. The van der Waals surface area contributed by atoms with E-state index in [1.54, 1.807) is 24.3 Å². The van der Waals surface area contributed by atoms with Crippen LogP contribution in [0.3, 0.4) is 0 Å². The van der Waals surface area contributed by atoms with Crippen LogP contribution in [0.25, 0.3) is 0 Å². The Morgan fingerprint density at radius 1 is 1.29 bits per heavy atom. The fourth-order valence-corrected chi connectivity index (χ4v) is 1.22. The second-order valence-electron chi connectivity index (χ2n) is 3.54. The first-order chi connectivity index (χ1) is 7.99. The smallest absolute Gasteiger partial charge is 0.341 e. The van der Waals surface area contributed by atoms with E-state index in [9.17, 15) is 9.59 Å². The number of ether oxygens (including phenoxy) is 1. The van der Waals surface area contributed by atoms with Gasteiger partial charge in [-0.3, -0.25) is 4.79 Å². The highest BCUT2D eigenvalue weighted by Gasteiger charge is 2.09. The number of carboxylic acid groups (broad SMARTS) is 1. The summed E-state index contributed by atoms with van der Waals surface area (Å²) in [4.78, 5) is 21.0. The first-order valence-corrected chi connectivity index (χ1v) is 4.97. The molecule has 1 aromatic carbocycles. The molecule has 0 radical (unpaired) electrons. The molecule has 0 saturated carbocycles. The minimum absolute atomic E-state index is 0.342. The first kappa shape index (κ1) is 13.0. The quantitative estimate of drug-likeness (QED) is 0.618. The third-order valence-corrected chi connectivity index (χ3v) is 2.11. The third kappa shape index (κ3) is 4.52. The number of amides is 1. The Labute approximate surface area is 98.2 Å². The molecule has 5 N–H and O–H groups in total. The predicted octanol–water partition coefficient (Wildman–Crippen LogP) is -0.495. The van der Waals surface area contributed by atoms with Crippen LogP contribution in [0.2, 0.25) is 0 Å². The van der Waals surface area contributed by atoms with Crippen LogP contribution >= 0.6 is 0 Å². The normalized spacial score (nSPS) is 11.8. The molecule has 0 aliphatic rings. The summed E-state index contributed by atoms with van der Waals surface area (Å²) in [5.74, 6) is -1.15. The third-order valence-electron chi connectivity index (χ3n) is 2.11. The molecule has 6 nitrogen and oxygen atoms in total. The van der Waals surface area contributed by atoms with Gasteiger partial charge in [-0.25, -0.2) is 4.79 Å². The van der Waals surface area contributed by atoms with Crippen molar-refractivity contribution in [3.05, 3.63) is 29.8 Å². The van der Waals surface area contributed by atoms with E-state index in [-0.39, 0.29) is 6.61 Å². The zero-order chi connectivity index (χ0) is 12.8. The number of benzene rings is 1. The zero-order valence-electron chi connectivity index (χ0n) is 9.13. The number of primary amides is 1. The van der Waals surface area contributed by atoms with Crippen LogP contribution in [0.4, 0.5) is 0 Å². The second-order valence-corrected chi connectivity index (χ2v) is 3.54. The van der Waals surface area contributed by atoms with Crippen molar-refractivity contribution in [3.8, 4) is 5.75 Å². The lowest BCUT2D eigenvalue weighted by Crippen LogP contribution is -2.38. The van der Waals surface area contributed by atoms with E-state index in [4.69, 9.17) is 21.3 Å². The van der Waals surface area contributed by atoms with Crippen LogP contribution < -0.4 is 16.2 Å². The molecule has 0 fully saturated rings. The maximum Gasteiger partial charge on any atom is 0.341 e. The number of carboxylic acids is 1. The second kappa shape index (κ2) is 5.86. The molecule has 0 saturated heterocycles. The summed E-state index contributed by atoms with van der Waals surface area (Å²) in [5.41, 5.74) is 11.4.